The summed E-state index contributed by atoms with van der Waals surface area (Å²) in [4.78, 5) is 11.3. The Morgan fingerprint density at radius 2 is 2.00 bits per heavy atom. The highest BCUT2D eigenvalue weighted by Gasteiger charge is 1.99. The lowest BCUT2D eigenvalue weighted by molar-refractivity contribution is -0.116. The van der Waals surface area contributed by atoms with E-state index in [1.165, 1.54) is 6.08 Å². The maximum absolute atomic E-state index is 11.3. The summed E-state index contributed by atoms with van der Waals surface area (Å²) in [6.45, 7) is 1.82. The molecule has 0 fully saturated rings. The first-order chi connectivity index (χ1) is 7.97. The van der Waals surface area contributed by atoms with Crippen LogP contribution in [0.25, 0.3) is 6.08 Å². The van der Waals surface area contributed by atoms with Crippen molar-refractivity contribution in [3.05, 3.63) is 39.9 Å². The quantitative estimate of drug-likeness (QED) is 0.829. The normalized spacial score (nSPS) is 12.7. The maximum Gasteiger partial charge on any atom is 0.244 e. The molecule has 5 heteroatoms. The molecular formula is C12H13Cl2NO2. The molecule has 0 aliphatic heterocycles. The highest BCUT2D eigenvalue weighted by molar-refractivity contribution is 6.34. The Bertz CT molecular complexity index is 410. The van der Waals surface area contributed by atoms with Crippen LogP contribution in [-0.4, -0.2) is 23.7 Å². The van der Waals surface area contributed by atoms with Crippen molar-refractivity contribution >= 4 is 35.2 Å². The molecule has 2 N–H and O–H groups in total. The van der Waals surface area contributed by atoms with Crippen LogP contribution in [0.15, 0.2) is 24.3 Å². The van der Waals surface area contributed by atoms with Crippen molar-refractivity contribution in [2.24, 2.45) is 0 Å². The second kappa shape index (κ2) is 6.64. The number of hydrogen-bond acceptors (Lipinski definition) is 2. The molecule has 92 valence electrons. The van der Waals surface area contributed by atoms with E-state index in [0.29, 0.717) is 10.0 Å². The molecule has 0 bridgehead atoms. The largest absolute Gasteiger partial charge is 0.392 e. The van der Waals surface area contributed by atoms with Gasteiger partial charge >= 0.3 is 0 Å². The maximum atomic E-state index is 11.3. The molecular weight excluding hydrogens is 261 g/mol. The monoisotopic (exact) mass is 273 g/mol. The van der Waals surface area contributed by atoms with Gasteiger partial charge in [0.15, 0.2) is 0 Å². The number of rotatable bonds is 4. The zero-order valence-electron chi connectivity index (χ0n) is 9.28. The third kappa shape index (κ3) is 5.73. The zero-order valence-corrected chi connectivity index (χ0v) is 10.8. The fourth-order valence-corrected chi connectivity index (χ4v) is 1.69. The molecule has 0 spiro atoms. The summed E-state index contributed by atoms with van der Waals surface area (Å²) in [6, 6.07) is 5.02. The molecule has 1 aromatic carbocycles. The predicted octanol–water partition coefficient (Wildman–Crippen LogP) is 2.50. The van der Waals surface area contributed by atoms with Gasteiger partial charge in [0.05, 0.1) is 6.10 Å². The SMILES string of the molecule is C[C@H](O)CNC(=O)/C=C/c1cc(Cl)cc(Cl)c1. The van der Waals surface area contributed by atoms with E-state index in [1.807, 2.05) is 0 Å². The lowest BCUT2D eigenvalue weighted by Gasteiger charge is -2.03. The van der Waals surface area contributed by atoms with Crippen molar-refractivity contribution in [1.82, 2.24) is 5.32 Å². The molecule has 0 heterocycles. The summed E-state index contributed by atoms with van der Waals surface area (Å²) in [5, 5.41) is 12.6. The van der Waals surface area contributed by atoms with Crippen molar-refractivity contribution < 1.29 is 9.90 Å². The fourth-order valence-electron chi connectivity index (χ4n) is 1.15. The first-order valence-corrected chi connectivity index (χ1v) is 5.83. The van der Waals surface area contributed by atoms with Crippen LogP contribution < -0.4 is 5.32 Å². The lowest BCUT2D eigenvalue weighted by Crippen LogP contribution is -2.28. The Hall–Kier alpha value is -1.03. The number of halogens is 2. The predicted molar refractivity (Wildman–Crippen MR) is 70.2 cm³/mol. The number of amides is 1. The minimum absolute atomic E-state index is 0.222. The van der Waals surface area contributed by atoms with Gasteiger partial charge in [-0.1, -0.05) is 23.2 Å². The van der Waals surface area contributed by atoms with Gasteiger partial charge < -0.3 is 10.4 Å². The first-order valence-electron chi connectivity index (χ1n) is 5.07. The Morgan fingerprint density at radius 1 is 1.41 bits per heavy atom. The molecule has 1 rings (SSSR count). The second-order valence-corrected chi connectivity index (χ2v) is 4.50. The third-order valence-electron chi connectivity index (χ3n) is 1.88. The minimum Gasteiger partial charge on any atom is -0.392 e. The molecule has 17 heavy (non-hydrogen) atoms. The van der Waals surface area contributed by atoms with Crippen molar-refractivity contribution in [2.75, 3.05) is 6.54 Å². The summed E-state index contributed by atoms with van der Waals surface area (Å²) in [5.41, 5.74) is 0.745. The van der Waals surface area contributed by atoms with Crippen LogP contribution >= 0.6 is 23.2 Å². The minimum atomic E-state index is -0.562. The van der Waals surface area contributed by atoms with Gasteiger partial charge in [-0.3, -0.25) is 4.79 Å². The molecule has 0 saturated heterocycles. The van der Waals surface area contributed by atoms with Crippen LogP contribution in [0.1, 0.15) is 12.5 Å². The molecule has 0 unspecified atom stereocenters. The number of carbonyl (C=O) groups excluding carboxylic acids is 1. The van der Waals surface area contributed by atoms with E-state index in [-0.39, 0.29) is 12.5 Å². The van der Waals surface area contributed by atoms with Gasteiger partial charge in [0.2, 0.25) is 5.91 Å². The molecule has 1 amide bonds. The van der Waals surface area contributed by atoms with Crippen LogP contribution in [0.4, 0.5) is 0 Å². The topological polar surface area (TPSA) is 49.3 Å². The van der Waals surface area contributed by atoms with E-state index < -0.39 is 6.10 Å². The van der Waals surface area contributed by atoms with Gasteiger partial charge in [0.25, 0.3) is 0 Å². The standard InChI is InChI=1S/C12H13Cl2NO2/c1-8(16)7-15-12(17)3-2-9-4-10(13)6-11(14)5-9/h2-6,8,16H,7H2,1H3,(H,15,17)/b3-2+/t8-/m0/s1. The zero-order chi connectivity index (χ0) is 12.8. The fraction of sp³-hybridized carbons (Fsp3) is 0.250. The number of benzene rings is 1. The highest BCUT2D eigenvalue weighted by atomic mass is 35.5. The van der Waals surface area contributed by atoms with E-state index >= 15 is 0 Å². The van der Waals surface area contributed by atoms with Crippen LogP contribution in [0.2, 0.25) is 10.0 Å². The Balaban J connectivity index is 2.60. The Labute approximate surface area is 110 Å². The van der Waals surface area contributed by atoms with Crippen molar-refractivity contribution in [2.45, 2.75) is 13.0 Å². The van der Waals surface area contributed by atoms with Gasteiger partial charge in [0.1, 0.15) is 0 Å². The van der Waals surface area contributed by atoms with Gasteiger partial charge in [-0.15, -0.1) is 0 Å². The Morgan fingerprint density at radius 3 is 2.53 bits per heavy atom. The van der Waals surface area contributed by atoms with Gasteiger partial charge in [0, 0.05) is 22.7 Å². The average molecular weight is 274 g/mol. The summed E-state index contributed by atoms with van der Waals surface area (Å²) in [5.74, 6) is -0.276. The molecule has 0 saturated carbocycles. The molecule has 0 aliphatic carbocycles. The van der Waals surface area contributed by atoms with Gasteiger partial charge in [-0.25, -0.2) is 0 Å². The van der Waals surface area contributed by atoms with Gasteiger partial charge in [-0.05, 0) is 36.8 Å². The number of aliphatic hydroxyl groups excluding tert-OH is 1. The third-order valence-corrected chi connectivity index (χ3v) is 2.32. The summed E-state index contributed by atoms with van der Waals surface area (Å²) in [6.07, 6.45) is 2.41. The van der Waals surface area contributed by atoms with Crippen LogP contribution in [0.3, 0.4) is 0 Å². The number of hydrogen-bond donors (Lipinski definition) is 2. The van der Waals surface area contributed by atoms with Crippen LogP contribution in [0, 0.1) is 0 Å². The Kier molecular flexibility index (Phi) is 5.48. The number of nitrogens with one attached hydrogen (secondary N) is 1. The highest BCUT2D eigenvalue weighted by Crippen LogP contribution is 2.19. The summed E-state index contributed by atoms with van der Waals surface area (Å²) >= 11 is 11.6. The van der Waals surface area contributed by atoms with Crippen molar-refractivity contribution in [3.8, 4) is 0 Å². The van der Waals surface area contributed by atoms with E-state index in [9.17, 15) is 4.79 Å². The van der Waals surface area contributed by atoms with Crippen molar-refractivity contribution in [3.63, 3.8) is 0 Å². The summed E-state index contributed by atoms with van der Waals surface area (Å²) in [7, 11) is 0. The molecule has 0 aliphatic rings. The molecule has 0 aromatic heterocycles. The molecule has 1 atom stereocenters. The van der Waals surface area contributed by atoms with Crippen molar-refractivity contribution in [1.29, 1.82) is 0 Å². The van der Waals surface area contributed by atoms with Crippen LogP contribution in [-0.2, 0) is 4.79 Å². The second-order valence-electron chi connectivity index (χ2n) is 3.63. The molecule has 3 nitrogen and oxygen atoms in total. The smallest absolute Gasteiger partial charge is 0.244 e. The van der Waals surface area contributed by atoms with E-state index in [4.69, 9.17) is 28.3 Å². The first kappa shape index (κ1) is 14.0. The van der Waals surface area contributed by atoms with E-state index in [0.717, 1.165) is 5.56 Å². The average Bonchev–Trinajstić information content (AvgIpc) is 2.22. The summed E-state index contributed by atoms with van der Waals surface area (Å²) < 4.78 is 0. The number of aliphatic hydroxyl groups is 1. The van der Waals surface area contributed by atoms with Crippen LogP contribution in [0.5, 0.6) is 0 Å². The molecule has 1 aromatic rings. The van der Waals surface area contributed by atoms with E-state index in [1.54, 1.807) is 31.2 Å². The van der Waals surface area contributed by atoms with E-state index in [2.05, 4.69) is 5.32 Å². The van der Waals surface area contributed by atoms with Gasteiger partial charge in [-0.2, -0.15) is 0 Å². The number of carbonyl (C=O) groups is 1. The lowest BCUT2D eigenvalue weighted by atomic mass is 10.2. The molecule has 0 radical (unpaired) electrons.